The lowest BCUT2D eigenvalue weighted by atomic mass is 10.2. The largest absolute Gasteiger partial charge is 0.478 e. The molecule has 0 bridgehead atoms. The van der Waals surface area contributed by atoms with Gasteiger partial charge in [0.15, 0.2) is 0 Å². The fourth-order valence-electron chi connectivity index (χ4n) is 1.56. The molecule has 0 atom stereocenters. The number of para-hydroxylation sites is 1. The van der Waals surface area contributed by atoms with Gasteiger partial charge in [-0.15, -0.1) is 0 Å². The molecule has 4 nitrogen and oxygen atoms in total. The highest BCUT2D eigenvalue weighted by atomic mass is 16.5. The Morgan fingerprint density at radius 2 is 1.94 bits per heavy atom. The molecule has 4 heteroatoms. The van der Waals surface area contributed by atoms with E-state index >= 15 is 0 Å². The molecular weight excluding hydrogens is 230 g/mol. The first-order valence-electron chi connectivity index (χ1n) is 5.51. The number of carboxylic acid groups (broad SMARTS) is 1. The maximum absolute atomic E-state index is 10.8. The molecule has 1 aromatic carbocycles. The van der Waals surface area contributed by atoms with Gasteiger partial charge in [0.1, 0.15) is 5.75 Å². The minimum absolute atomic E-state index is 0.157. The fraction of sp³-hybridized carbons (Fsp3) is 0.143. The number of aromatic carboxylic acids is 1. The summed E-state index contributed by atoms with van der Waals surface area (Å²) in [6, 6.07) is 9.14. The van der Waals surface area contributed by atoms with E-state index in [9.17, 15) is 4.79 Å². The van der Waals surface area contributed by atoms with E-state index in [1.54, 1.807) is 13.0 Å². The summed E-state index contributed by atoms with van der Waals surface area (Å²) in [5.41, 5.74) is 1.85. The van der Waals surface area contributed by atoms with E-state index < -0.39 is 5.97 Å². The van der Waals surface area contributed by atoms with Gasteiger partial charge in [-0.3, -0.25) is 0 Å². The minimum atomic E-state index is -0.993. The lowest BCUT2D eigenvalue weighted by Gasteiger charge is -2.09. The van der Waals surface area contributed by atoms with Gasteiger partial charge < -0.3 is 9.84 Å². The molecule has 0 saturated heterocycles. The van der Waals surface area contributed by atoms with Crippen molar-refractivity contribution in [3.63, 3.8) is 0 Å². The Bertz CT molecular complexity index is 593. The molecule has 92 valence electrons. The number of ether oxygens (including phenoxy) is 1. The number of carbonyl (C=O) groups is 1. The van der Waals surface area contributed by atoms with Crippen LogP contribution in [-0.2, 0) is 0 Å². The van der Waals surface area contributed by atoms with E-state index in [1.165, 1.54) is 6.20 Å². The van der Waals surface area contributed by atoms with Crippen LogP contribution in [0.2, 0.25) is 0 Å². The Labute approximate surface area is 105 Å². The van der Waals surface area contributed by atoms with Crippen molar-refractivity contribution in [2.24, 2.45) is 0 Å². The average molecular weight is 243 g/mol. The lowest BCUT2D eigenvalue weighted by molar-refractivity contribution is 0.0696. The van der Waals surface area contributed by atoms with Crippen molar-refractivity contribution in [1.82, 2.24) is 4.98 Å². The number of hydrogen-bond donors (Lipinski definition) is 1. The Morgan fingerprint density at radius 3 is 2.56 bits per heavy atom. The van der Waals surface area contributed by atoms with E-state index in [0.29, 0.717) is 11.4 Å². The predicted octanol–water partition coefficient (Wildman–Crippen LogP) is 3.19. The van der Waals surface area contributed by atoms with Crippen LogP contribution < -0.4 is 4.74 Å². The maximum Gasteiger partial charge on any atom is 0.337 e. The van der Waals surface area contributed by atoms with E-state index in [4.69, 9.17) is 9.84 Å². The molecule has 0 aliphatic heterocycles. The van der Waals surface area contributed by atoms with Crippen LogP contribution in [0.25, 0.3) is 0 Å². The Hall–Kier alpha value is -2.36. The molecule has 0 spiro atoms. The summed E-state index contributed by atoms with van der Waals surface area (Å²) in [6.07, 6.45) is 1.29. The molecule has 1 N–H and O–H groups in total. The summed E-state index contributed by atoms with van der Waals surface area (Å²) in [5.74, 6) is 0.151. The average Bonchev–Trinajstić information content (AvgIpc) is 2.34. The molecule has 18 heavy (non-hydrogen) atoms. The van der Waals surface area contributed by atoms with Crippen LogP contribution in [0.5, 0.6) is 11.6 Å². The number of rotatable bonds is 3. The third kappa shape index (κ3) is 2.48. The molecule has 0 amide bonds. The predicted molar refractivity (Wildman–Crippen MR) is 67.2 cm³/mol. The van der Waals surface area contributed by atoms with Crippen molar-refractivity contribution in [1.29, 1.82) is 0 Å². The molecule has 1 aromatic heterocycles. The Morgan fingerprint density at radius 1 is 1.22 bits per heavy atom. The normalized spacial score (nSPS) is 10.1. The Kier molecular flexibility index (Phi) is 3.28. The summed E-state index contributed by atoms with van der Waals surface area (Å²) in [6.45, 7) is 3.71. The summed E-state index contributed by atoms with van der Waals surface area (Å²) < 4.78 is 5.67. The number of nitrogens with zero attached hydrogens (tertiary/aromatic N) is 1. The quantitative estimate of drug-likeness (QED) is 0.899. The van der Waals surface area contributed by atoms with Crippen molar-refractivity contribution in [3.05, 3.63) is 53.2 Å². The second kappa shape index (κ2) is 4.87. The lowest BCUT2D eigenvalue weighted by Crippen LogP contribution is -2.00. The molecule has 0 aliphatic rings. The van der Waals surface area contributed by atoms with Gasteiger partial charge in [0, 0.05) is 11.8 Å². The van der Waals surface area contributed by atoms with E-state index in [-0.39, 0.29) is 5.56 Å². The molecule has 0 fully saturated rings. The SMILES string of the molecule is Cc1ccccc1Oc1ncc(C(=O)O)cc1C. The molecular formula is C14H13NO3. The first-order valence-corrected chi connectivity index (χ1v) is 5.51. The molecule has 2 rings (SSSR count). The zero-order valence-electron chi connectivity index (χ0n) is 10.2. The topological polar surface area (TPSA) is 59.4 Å². The molecule has 1 heterocycles. The van der Waals surface area contributed by atoms with Crippen molar-refractivity contribution in [2.45, 2.75) is 13.8 Å². The summed E-state index contributed by atoms with van der Waals surface area (Å²) >= 11 is 0. The van der Waals surface area contributed by atoms with Gasteiger partial charge in [-0.05, 0) is 31.5 Å². The van der Waals surface area contributed by atoms with Crippen molar-refractivity contribution in [2.75, 3.05) is 0 Å². The summed E-state index contributed by atoms with van der Waals surface area (Å²) in [4.78, 5) is 14.8. The highest BCUT2D eigenvalue weighted by Gasteiger charge is 2.09. The first kappa shape index (κ1) is 12.1. The van der Waals surface area contributed by atoms with Crippen molar-refractivity contribution >= 4 is 5.97 Å². The second-order valence-electron chi connectivity index (χ2n) is 4.02. The summed E-state index contributed by atoms with van der Waals surface area (Å²) in [7, 11) is 0. The third-order valence-electron chi connectivity index (χ3n) is 2.58. The summed E-state index contributed by atoms with van der Waals surface area (Å²) in [5, 5.41) is 8.85. The zero-order valence-corrected chi connectivity index (χ0v) is 10.2. The number of hydrogen-bond acceptors (Lipinski definition) is 3. The highest BCUT2D eigenvalue weighted by Crippen LogP contribution is 2.25. The minimum Gasteiger partial charge on any atom is -0.478 e. The fourth-order valence-corrected chi connectivity index (χ4v) is 1.56. The number of pyridine rings is 1. The van der Waals surface area contributed by atoms with Gasteiger partial charge in [-0.1, -0.05) is 18.2 Å². The van der Waals surface area contributed by atoms with E-state index in [1.807, 2.05) is 31.2 Å². The highest BCUT2D eigenvalue weighted by molar-refractivity contribution is 5.87. The maximum atomic E-state index is 10.8. The van der Waals surface area contributed by atoms with Crippen LogP contribution in [0.1, 0.15) is 21.5 Å². The molecule has 0 aliphatic carbocycles. The Balaban J connectivity index is 2.30. The van der Waals surface area contributed by atoms with Crippen LogP contribution >= 0.6 is 0 Å². The first-order chi connectivity index (χ1) is 8.58. The van der Waals surface area contributed by atoms with Crippen LogP contribution in [0.15, 0.2) is 36.5 Å². The smallest absolute Gasteiger partial charge is 0.337 e. The van der Waals surface area contributed by atoms with Crippen molar-refractivity contribution in [3.8, 4) is 11.6 Å². The van der Waals surface area contributed by atoms with E-state index in [0.717, 1.165) is 11.3 Å². The molecule has 0 radical (unpaired) electrons. The van der Waals surface area contributed by atoms with E-state index in [2.05, 4.69) is 4.98 Å². The van der Waals surface area contributed by atoms with Gasteiger partial charge in [0.2, 0.25) is 5.88 Å². The van der Waals surface area contributed by atoms with Crippen molar-refractivity contribution < 1.29 is 14.6 Å². The van der Waals surface area contributed by atoms with Gasteiger partial charge in [0.05, 0.1) is 5.56 Å². The van der Waals surface area contributed by atoms with Crippen LogP contribution in [0.3, 0.4) is 0 Å². The number of benzene rings is 1. The second-order valence-corrected chi connectivity index (χ2v) is 4.02. The number of carboxylic acids is 1. The molecule has 0 unspecified atom stereocenters. The van der Waals surface area contributed by atoms with Crippen LogP contribution in [0.4, 0.5) is 0 Å². The third-order valence-corrected chi connectivity index (χ3v) is 2.58. The van der Waals surface area contributed by atoms with Gasteiger partial charge in [-0.25, -0.2) is 9.78 Å². The zero-order chi connectivity index (χ0) is 13.1. The number of aromatic nitrogens is 1. The molecule has 0 saturated carbocycles. The van der Waals surface area contributed by atoms with Gasteiger partial charge >= 0.3 is 5.97 Å². The van der Waals surface area contributed by atoms with Crippen LogP contribution in [-0.4, -0.2) is 16.1 Å². The van der Waals surface area contributed by atoms with Crippen LogP contribution in [0, 0.1) is 13.8 Å². The monoisotopic (exact) mass is 243 g/mol. The standard InChI is InChI=1S/C14H13NO3/c1-9-5-3-4-6-12(9)18-13-10(2)7-11(8-15-13)14(16)17/h3-8H,1-2H3,(H,16,17). The number of aryl methyl sites for hydroxylation is 2. The molecule has 2 aromatic rings. The van der Waals surface area contributed by atoms with Gasteiger partial charge in [0.25, 0.3) is 0 Å². The van der Waals surface area contributed by atoms with Gasteiger partial charge in [-0.2, -0.15) is 0 Å².